The molecule has 1 N–H and O–H groups in total. The van der Waals surface area contributed by atoms with Crippen molar-refractivity contribution in [3.05, 3.63) is 29.8 Å². The lowest BCUT2D eigenvalue weighted by Gasteiger charge is -2.23. The Kier molecular flexibility index (Phi) is 6.45. The summed E-state index contributed by atoms with van der Waals surface area (Å²) in [5.74, 6) is 0.849. The lowest BCUT2D eigenvalue weighted by molar-refractivity contribution is 0.216. The molecule has 0 saturated heterocycles. The van der Waals surface area contributed by atoms with Gasteiger partial charge in [-0.05, 0) is 23.6 Å². The van der Waals surface area contributed by atoms with E-state index in [0.717, 1.165) is 11.3 Å². The monoisotopic (exact) mass is 301 g/mol. The second-order valence-electron chi connectivity index (χ2n) is 4.92. The molecule has 0 bridgehead atoms. The molecule has 0 unspecified atom stereocenters. The van der Waals surface area contributed by atoms with E-state index < -0.39 is 10.0 Å². The summed E-state index contributed by atoms with van der Waals surface area (Å²) in [6, 6.07) is 7.15. The molecule has 1 atom stereocenters. The SMILES string of the molecule is COCCS(=O)(=O)N[C@@H](c1ccc(OC)cc1)C(C)C. The Morgan fingerprint density at radius 1 is 1.15 bits per heavy atom. The van der Waals surface area contributed by atoms with Crippen LogP contribution in [0.5, 0.6) is 5.75 Å². The van der Waals surface area contributed by atoms with Gasteiger partial charge in [-0.3, -0.25) is 0 Å². The summed E-state index contributed by atoms with van der Waals surface area (Å²) in [6.07, 6.45) is 0. The fourth-order valence-corrected chi connectivity index (χ4v) is 3.14. The molecule has 6 heteroatoms. The number of nitrogens with one attached hydrogen (secondary N) is 1. The molecule has 0 aliphatic heterocycles. The van der Waals surface area contributed by atoms with Crippen LogP contribution in [-0.4, -0.2) is 35.0 Å². The molecule has 0 aliphatic rings. The largest absolute Gasteiger partial charge is 0.497 e. The van der Waals surface area contributed by atoms with E-state index in [4.69, 9.17) is 9.47 Å². The van der Waals surface area contributed by atoms with Crippen LogP contribution in [0.3, 0.4) is 0 Å². The van der Waals surface area contributed by atoms with Crippen molar-refractivity contribution in [2.45, 2.75) is 19.9 Å². The number of hydrogen-bond acceptors (Lipinski definition) is 4. The number of ether oxygens (including phenoxy) is 2. The summed E-state index contributed by atoms with van der Waals surface area (Å²) in [4.78, 5) is 0. The number of methoxy groups -OCH3 is 2. The van der Waals surface area contributed by atoms with Crippen molar-refractivity contribution in [2.75, 3.05) is 26.6 Å². The van der Waals surface area contributed by atoms with E-state index in [1.165, 1.54) is 7.11 Å². The smallest absolute Gasteiger partial charge is 0.214 e. The van der Waals surface area contributed by atoms with Gasteiger partial charge in [-0.1, -0.05) is 26.0 Å². The first-order chi connectivity index (χ1) is 9.39. The molecule has 0 amide bonds. The van der Waals surface area contributed by atoms with E-state index in [0.29, 0.717) is 0 Å². The van der Waals surface area contributed by atoms with Crippen LogP contribution in [0.4, 0.5) is 0 Å². The molecule has 1 aromatic carbocycles. The maximum atomic E-state index is 12.0. The quantitative estimate of drug-likeness (QED) is 0.797. The number of sulfonamides is 1. The molecule has 0 aliphatic carbocycles. The minimum Gasteiger partial charge on any atom is -0.497 e. The number of benzene rings is 1. The lowest BCUT2D eigenvalue weighted by atomic mass is 9.97. The molecule has 114 valence electrons. The van der Waals surface area contributed by atoms with Crippen molar-refractivity contribution in [1.82, 2.24) is 4.72 Å². The van der Waals surface area contributed by atoms with Crippen molar-refractivity contribution >= 4 is 10.0 Å². The summed E-state index contributed by atoms with van der Waals surface area (Å²) in [5.41, 5.74) is 0.918. The molecule has 5 nitrogen and oxygen atoms in total. The maximum absolute atomic E-state index is 12.0. The summed E-state index contributed by atoms with van der Waals surface area (Å²) < 4.78 is 36.6. The van der Waals surface area contributed by atoms with Gasteiger partial charge in [0, 0.05) is 13.2 Å². The highest BCUT2D eigenvalue weighted by Gasteiger charge is 2.22. The molecule has 20 heavy (non-hydrogen) atoms. The average molecular weight is 301 g/mol. The second-order valence-corrected chi connectivity index (χ2v) is 6.80. The average Bonchev–Trinajstić information content (AvgIpc) is 2.43. The molecule has 1 rings (SSSR count). The van der Waals surface area contributed by atoms with E-state index in [1.54, 1.807) is 7.11 Å². The third kappa shape index (κ3) is 5.11. The Labute approximate surface area is 121 Å². The summed E-state index contributed by atoms with van der Waals surface area (Å²) in [5, 5.41) is 0. The van der Waals surface area contributed by atoms with Gasteiger partial charge in [-0.2, -0.15) is 0 Å². The lowest BCUT2D eigenvalue weighted by Crippen LogP contribution is -2.34. The van der Waals surface area contributed by atoms with E-state index in [1.807, 2.05) is 38.1 Å². The maximum Gasteiger partial charge on any atom is 0.214 e. The van der Waals surface area contributed by atoms with Gasteiger partial charge in [-0.25, -0.2) is 13.1 Å². The van der Waals surface area contributed by atoms with Crippen LogP contribution in [0.1, 0.15) is 25.5 Å². The fraction of sp³-hybridized carbons (Fsp3) is 0.571. The predicted octanol–water partition coefficient (Wildman–Crippen LogP) is 1.96. The number of rotatable bonds is 8. The van der Waals surface area contributed by atoms with E-state index in [-0.39, 0.29) is 24.3 Å². The summed E-state index contributed by atoms with van der Waals surface area (Å²) in [6.45, 7) is 4.14. The normalized spacial score (nSPS) is 13.4. The van der Waals surface area contributed by atoms with Crippen LogP contribution in [-0.2, 0) is 14.8 Å². The Morgan fingerprint density at radius 3 is 2.20 bits per heavy atom. The zero-order chi connectivity index (χ0) is 15.2. The zero-order valence-corrected chi connectivity index (χ0v) is 13.2. The molecule has 0 spiro atoms. The molecule has 0 radical (unpaired) electrons. The van der Waals surface area contributed by atoms with Crippen LogP contribution >= 0.6 is 0 Å². The minimum atomic E-state index is -3.36. The fourth-order valence-electron chi connectivity index (χ4n) is 1.85. The van der Waals surface area contributed by atoms with Gasteiger partial charge in [0.25, 0.3) is 0 Å². The molecule has 0 heterocycles. The third-order valence-corrected chi connectivity index (χ3v) is 4.32. The first kappa shape index (κ1) is 16.9. The van der Waals surface area contributed by atoms with Gasteiger partial charge in [0.15, 0.2) is 0 Å². The highest BCUT2D eigenvalue weighted by molar-refractivity contribution is 7.89. The van der Waals surface area contributed by atoms with Gasteiger partial charge >= 0.3 is 0 Å². The minimum absolute atomic E-state index is 0.0388. The van der Waals surface area contributed by atoms with Crippen LogP contribution in [0.2, 0.25) is 0 Å². The second kappa shape index (κ2) is 7.61. The van der Waals surface area contributed by atoms with Crippen LogP contribution in [0.25, 0.3) is 0 Å². The van der Waals surface area contributed by atoms with Crippen LogP contribution < -0.4 is 9.46 Å². The van der Waals surface area contributed by atoms with Crippen molar-refractivity contribution < 1.29 is 17.9 Å². The molecule has 1 aromatic rings. The topological polar surface area (TPSA) is 64.6 Å². The van der Waals surface area contributed by atoms with Crippen LogP contribution in [0.15, 0.2) is 24.3 Å². The molecular formula is C14H23NO4S. The zero-order valence-electron chi connectivity index (χ0n) is 12.4. The predicted molar refractivity (Wildman–Crippen MR) is 79.4 cm³/mol. The van der Waals surface area contributed by atoms with Crippen molar-refractivity contribution in [2.24, 2.45) is 5.92 Å². The Morgan fingerprint density at radius 2 is 1.75 bits per heavy atom. The van der Waals surface area contributed by atoms with Gasteiger partial charge in [-0.15, -0.1) is 0 Å². The first-order valence-corrected chi connectivity index (χ1v) is 8.17. The van der Waals surface area contributed by atoms with E-state index in [9.17, 15) is 8.42 Å². The van der Waals surface area contributed by atoms with Gasteiger partial charge in [0.2, 0.25) is 10.0 Å². The molecule has 0 aromatic heterocycles. The Bertz CT molecular complexity index is 496. The summed E-state index contributed by atoms with van der Waals surface area (Å²) in [7, 11) is -0.273. The first-order valence-electron chi connectivity index (χ1n) is 6.52. The van der Waals surface area contributed by atoms with E-state index >= 15 is 0 Å². The third-order valence-electron chi connectivity index (χ3n) is 3.00. The van der Waals surface area contributed by atoms with Gasteiger partial charge in [0.1, 0.15) is 5.75 Å². The summed E-state index contributed by atoms with van der Waals surface area (Å²) >= 11 is 0. The van der Waals surface area contributed by atoms with Crippen LogP contribution in [0, 0.1) is 5.92 Å². The van der Waals surface area contributed by atoms with E-state index in [2.05, 4.69) is 4.72 Å². The standard InChI is InChI=1S/C14H23NO4S/c1-11(2)14(15-20(16,17)10-9-18-3)12-5-7-13(19-4)8-6-12/h5-8,11,14-15H,9-10H2,1-4H3/t14-/m1/s1. The highest BCUT2D eigenvalue weighted by atomic mass is 32.2. The van der Waals surface area contributed by atoms with Gasteiger partial charge < -0.3 is 9.47 Å². The molecule has 0 fully saturated rings. The van der Waals surface area contributed by atoms with Gasteiger partial charge in [0.05, 0.1) is 19.5 Å². The molecule has 0 saturated carbocycles. The Hall–Kier alpha value is -1.11. The molecular weight excluding hydrogens is 278 g/mol. The number of hydrogen-bond donors (Lipinski definition) is 1. The van der Waals surface area contributed by atoms with Crippen molar-refractivity contribution in [3.8, 4) is 5.75 Å². The highest BCUT2D eigenvalue weighted by Crippen LogP contribution is 2.24. The Balaban J connectivity index is 2.88. The van der Waals surface area contributed by atoms with Crippen molar-refractivity contribution in [1.29, 1.82) is 0 Å². The van der Waals surface area contributed by atoms with Crippen molar-refractivity contribution in [3.63, 3.8) is 0 Å².